The van der Waals surface area contributed by atoms with Crippen molar-refractivity contribution in [3.8, 4) is 11.5 Å². The summed E-state index contributed by atoms with van der Waals surface area (Å²) in [5.74, 6) is 2.87. The minimum Gasteiger partial charge on any atom is -0.457 e. The van der Waals surface area contributed by atoms with Gasteiger partial charge in [0.25, 0.3) is 0 Å². The number of ether oxygens (including phenoxy) is 1. The number of rotatable bonds is 8. The van der Waals surface area contributed by atoms with Gasteiger partial charge in [0, 0.05) is 32.4 Å². The molecule has 1 fully saturated rings. The number of nitrogens with zero attached hydrogens (tertiary/aromatic N) is 7. The highest BCUT2D eigenvalue weighted by Crippen LogP contribution is 2.49. The molecule has 9 heteroatoms. The van der Waals surface area contributed by atoms with Crippen molar-refractivity contribution in [2.45, 2.75) is 33.1 Å². The van der Waals surface area contributed by atoms with Gasteiger partial charge in [0.2, 0.25) is 5.95 Å². The first kappa shape index (κ1) is 23.1. The van der Waals surface area contributed by atoms with Crippen LogP contribution in [-0.2, 0) is 7.05 Å². The summed E-state index contributed by atoms with van der Waals surface area (Å²) in [6.07, 6.45) is 8.83. The number of fused-ring (bicyclic) bond motifs is 2. The quantitative estimate of drug-likeness (QED) is 0.290. The maximum absolute atomic E-state index is 6.17. The first-order chi connectivity index (χ1) is 17.9. The van der Waals surface area contributed by atoms with Crippen LogP contribution in [0.2, 0.25) is 0 Å². The van der Waals surface area contributed by atoms with E-state index in [1.54, 1.807) is 12.5 Å². The lowest BCUT2D eigenvalue weighted by Gasteiger charge is -2.23. The van der Waals surface area contributed by atoms with Gasteiger partial charge in [0.05, 0.1) is 23.6 Å². The van der Waals surface area contributed by atoms with E-state index in [0.717, 1.165) is 40.3 Å². The average molecular weight is 495 g/mol. The maximum Gasteiger partial charge on any atom is 0.225 e. The van der Waals surface area contributed by atoms with E-state index in [1.807, 2.05) is 54.9 Å². The van der Waals surface area contributed by atoms with Crippen LogP contribution in [0.4, 0.5) is 17.5 Å². The minimum atomic E-state index is 0.409. The lowest BCUT2D eigenvalue weighted by atomic mass is 10.0. The van der Waals surface area contributed by atoms with E-state index in [4.69, 9.17) is 9.72 Å². The Balaban J connectivity index is 1.23. The third kappa shape index (κ3) is 4.52. The lowest BCUT2D eigenvalue weighted by Crippen LogP contribution is -2.27. The van der Waals surface area contributed by atoms with E-state index in [1.165, 1.54) is 25.6 Å². The highest BCUT2D eigenvalue weighted by Gasteiger charge is 2.41. The lowest BCUT2D eigenvalue weighted by molar-refractivity contribution is 0.479. The van der Waals surface area contributed by atoms with Gasteiger partial charge in [0.1, 0.15) is 28.9 Å². The van der Waals surface area contributed by atoms with Crippen molar-refractivity contribution in [2.75, 3.05) is 23.8 Å². The van der Waals surface area contributed by atoms with E-state index in [-0.39, 0.29) is 0 Å². The summed E-state index contributed by atoms with van der Waals surface area (Å²) in [5, 5.41) is 3.42. The Morgan fingerprint density at radius 2 is 1.92 bits per heavy atom. The van der Waals surface area contributed by atoms with Crippen LogP contribution in [0.25, 0.3) is 22.1 Å². The normalized spacial score (nSPS) is 14.2. The van der Waals surface area contributed by atoms with Gasteiger partial charge in [0.15, 0.2) is 5.82 Å². The zero-order chi connectivity index (χ0) is 25.6. The Kier molecular flexibility index (Phi) is 5.62. The van der Waals surface area contributed by atoms with Crippen LogP contribution >= 0.6 is 0 Å². The molecular formula is C28H30N8O. The fourth-order valence-corrected chi connectivity index (χ4v) is 4.78. The summed E-state index contributed by atoms with van der Waals surface area (Å²) < 4.78 is 8.16. The van der Waals surface area contributed by atoms with Gasteiger partial charge >= 0.3 is 0 Å². The monoisotopic (exact) mass is 494 g/mol. The van der Waals surface area contributed by atoms with E-state index in [0.29, 0.717) is 28.2 Å². The molecule has 6 rings (SSSR count). The Morgan fingerprint density at radius 3 is 2.70 bits per heavy atom. The van der Waals surface area contributed by atoms with Crippen LogP contribution in [0, 0.1) is 12.3 Å². The minimum absolute atomic E-state index is 0.409. The van der Waals surface area contributed by atoms with Crippen molar-refractivity contribution in [3.05, 3.63) is 60.8 Å². The van der Waals surface area contributed by atoms with Crippen molar-refractivity contribution in [2.24, 2.45) is 12.5 Å². The summed E-state index contributed by atoms with van der Waals surface area (Å²) in [7, 11) is 4.04. The molecule has 9 nitrogen and oxygen atoms in total. The maximum atomic E-state index is 6.17. The molecule has 3 heterocycles. The molecule has 3 aromatic heterocycles. The van der Waals surface area contributed by atoms with Gasteiger partial charge in [-0.2, -0.15) is 0 Å². The number of anilines is 3. The van der Waals surface area contributed by atoms with Crippen LogP contribution in [0.3, 0.4) is 0 Å². The predicted octanol–water partition coefficient (Wildman–Crippen LogP) is 5.78. The van der Waals surface area contributed by atoms with Gasteiger partial charge in [-0.15, -0.1) is 0 Å². The molecule has 1 aliphatic rings. The molecule has 1 saturated carbocycles. The largest absolute Gasteiger partial charge is 0.457 e. The topological polar surface area (TPSA) is 93.9 Å². The molecule has 0 amide bonds. The van der Waals surface area contributed by atoms with Crippen molar-refractivity contribution in [1.29, 1.82) is 0 Å². The van der Waals surface area contributed by atoms with Gasteiger partial charge in [-0.1, -0.05) is 6.92 Å². The van der Waals surface area contributed by atoms with Gasteiger partial charge in [-0.3, -0.25) is 0 Å². The molecule has 188 valence electrons. The van der Waals surface area contributed by atoms with Crippen LogP contribution in [0.1, 0.15) is 31.7 Å². The van der Waals surface area contributed by atoms with Crippen molar-refractivity contribution in [1.82, 2.24) is 29.5 Å². The fraction of sp³-hybridized carbons (Fsp3) is 0.321. The van der Waals surface area contributed by atoms with E-state index in [2.05, 4.69) is 44.1 Å². The summed E-state index contributed by atoms with van der Waals surface area (Å²) in [6.45, 7) is 5.24. The first-order valence-electron chi connectivity index (χ1n) is 12.6. The standard InChI is InChI=1S/C28H30N8O/c1-5-28(10-11-28)15-35(3)27-29-14-22-25(34-27)26(31-16-30-22)33-19-6-9-24(18(2)12-19)37-20-7-8-23-21(13-20)32-17-36(23)4/h6-9,12-14,16-17H,5,10-11,15H2,1-4H3,(H,30,31,33). The molecule has 0 unspecified atom stereocenters. The highest BCUT2D eigenvalue weighted by molar-refractivity contribution is 5.87. The smallest absolute Gasteiger partial charge is 0.225 e. The van der Waals surface area contributed by atoms with Gasteiger partial charge in [-0.25, -0.2) is 24.9 Å². The number of aryl methyl sites for hydroxylation is 2. The molecule has 1 N–H and O–H groups in total. The average Bonchev–Trinajstić information content (AvgIpc) is 3.59. The second-order valence-corrected chi connectivity index (χ2v) is 10.0. The SMILES string of the molecule is CCC1(CN(C)c2ncc3ncnc(Nc4ccc(Oc5ccc6c(c5)ncn6C)c(C)c4)c3n2)CC1. The first-order valence-corrected chi connectivity index (χ1v) is 12.6. The summed E-state index contributed by atoms with van der Waals surface area (Å²) in [4.78, 5) is 24.8. The molecular weight excluding hydrogens is 464 g/mol. The van der Waals surface area contributed by atoms with Crippen LogP contribution in [0.15, 0.2) is 55.2 Å². The van der Waals surface area contributed by atoms with E-state index < -0.39 is 0 Å². The number of hydrogen-bond acceptors (Lipinski definition) is 8. The number of imidazole rings is 1. The van der Waals surface area contributed by atoms with Gasteiger partial charge in [-0.05, 0) is 67.5 Å². The second-order valence-electron chi connectivity index (χ2n) is 10.0. The fourth-order valence-electron chi connectivity index (χ4n) is 4.78. The zero-order valence-corrected chi connectivity index (χ0v) is 21.6. The molecule has 0 saturated heterocycles. The Hall–Kier alpha value is -4.27. The highest BCUT2D eigenvalue weighted by atomic mass is 16.5. The molecule has 0 radical (unpaired) electrons. The predicted molar refractivity (Wildman–Crippen MR) is 146 cm³/mol. The Morgan fingerprint density at radius 1 is 1.05 bits per heavy atom. The van der Waals surface area contributed by atoms with Crippen LogP contribution in [0.5, 0.6) is 11.5 Å². The Labute approximate surface area is 215 Å². The van der Waals surface area contributed by atoms with Crippen molar-refractivity contribution in [3.63, 3.8) is 0 Å². The molecule has 37 heavy (non-hydrogen) atoms. The molecule has 0 bridgehead atoms. The second kappa shape index (κ2) is 8.99. The molecule has 0 spiro atoms. The summed E-state index contributed by atoms with van der Waals surface area (Å²) in [5.41, 5.74) is 5.66. The third-order valence-electron chi connectivity index (χ3n) is 7.35. The van der Waals surface area contributed by atoms with Crippen LogP contribution < -0.4 is 15.0 Å². The molecule has 0 atom stereocenters. The van der Waals surface area contributed by atoms with E-state index in [9.17, 15) is 0 Å². The molecule has 0 aliphatic heterocycles. The molecule has 5 aromatic rings. The third-order valence-corrected chi connectivity index (χ3v) is 7.35. The number of hydrogen-bond donors (Lipinski definition) is 1. The summed E-state index contributed by atoms with van der Waals surface area (Å²) in [6, 6.07) is 11.9. The van der Waals surface area contributed by atoms with E-state index >= 15 is 0 Å². The van der Waals surface area contributed by atoms with Crippen LogP contribution in [-0.4, -0.2) is 43.1 Å². The van der Waals surface area contributed by atoms with Crippen molar-refractivity contribution >= 4 is 39.5 Å². The zero-order valence-electron chi connectivity index (χ0n) is 21.6. The Bertz CT molecular complexity index is 1610. The van der Waals surface area contributed by atoms with Gasteiger partial charge < -0.3 is 19.5 Å². The number of benzene rings is 2. The number of nitrogens with one attached hydrogen (secondary N) is 1. The number of aromatic nitrogens is 6. The van der Waals surface area contributed by atoms with Crippen molar-refractivity contribution < 1.29 is 4.74 Å². The molecule has 1 aliphatic carbocycles. The summed E-state index contributed by atoms with van der Waals surface area (Å²) >= 11 is 0. The molecule has 2 aromatic carbocycles.